The number of esters is 1. The molecule has 0 aliphatic carbocycles. The number of thiophene rings is 1. The molecule has 0 bridgehead atoms. The van der Waals surface area contributed by atoms with Crippen molar-refractivity contribution in [3.8, 4) is 10.4 Å². The average molecular weight is 700 g/mol. The molecule has 2 aromatic carbocycles. The van der Waals surface area contributed by atoms with E-state index in [1.807, 2.05) is 36.4 Å². The minimum Gasteiger partial charge on any atom is -0.461 e. The van der Waals surface area contributed by atoms with Gasteiger partial charge in [0, 0.05) is 55.8 Å². The van der Waals surface area contributed by atoms with Gasteiger partial charge >= 0.3 is 5.97 Å². The van der Waals surface area contributed by atoms with Crippen LogP contribution in [0.25, 0.3) is 10.4 Å². The topological polar surface area (TPSA) is 68.4 Å². The van der Waals surface area contributed by atoms with Crippen LogP contribution in [0.5, 0.6) is 0 Å². The van der Waals surface area contributed by atoms with Crippen molar-refractivity contribution in [1.29, 1.82) is 0 Å². The molecule has 270 valence electrons. The maximum atomic E-state index is 12.9. The van der Waals surface area contributed by atoms with E-state index in [2.05, 4.69) is 55.2 Å². The summed E-state index contributed by atoms with van der Waals surface area (Å²) in [7, 11) is 0. The minimum atomic E-state index is -0.103. The number of hydrogen-bond acceptors (Lipinski definition) is 8. The van der Waals surface area contributed by atoms with Crippen LogP contribution >= 0.6 is 11.3 Å². The highest BCUT2D eigenvalue weighted by Crippen LogP contribution is 2.30. The second-order valence-corrected chi connectivity index (χ2v) is 15.4. The number of amides is 1. The summed E-state index contributed by atoms with van der Waals surface area (Å²) < 4.78 is 5.40. The van der Waals surface area contributed by atoms with Crippen LogP contribution in [0, 0.1) is 0 Å². The summed E-state index contributed by atoms with van der Waals surface area (Å²) in [5, 5.41) is 3.16. The second-order valence-electron chi connectivity index (χ2n) is 14.3. The number of hydrogen-bond donors (Lipinski definition) is 1. The van der Waals surface area contributed by atoms with E-state index in [4.69, 9.17) is 4.74 Å². The first-order valence-corrected chi connectivity index (χ1v) is 20.0. The zero-order valence-corrected chi connectivity index (χ0v) is 30.7. The van der Waals surface area contributed by atoms with Gasteiger partial charge in [-0.3, -0.25) is 14.5 Å². The number of benzene rings is 2. The number of unbranched alkanes of at least 4 members (excludes halogenated alkanes) is 2. The Balaban J connectivity index is 0.824. The van der Waals surface area contributed by atoms with Gasteiger partial charge in [0.25, 0.3) is 5.91 Å². The van der Waals surface area contributed by atoms with Gasteiger partial charge in [-0.25, -0.2) is 0 Å². The SMILES string of the molecule is O=C(CCCCCN1CCN(c2ccc(-c3ccc(C(=O)NCCCN4CCC(N5CCCCC5)CC4)s3)cc2)CC1)OCc1ccccc1. The van der Waals surface area contributed by atoms with Gasteiger partial charge in [0.1, 0.15) is 6.61 Å². The van der Waals surface area contributed by atoms with Crippen LogP contribution in [0.2, 0.25) is 0 Å². The number of nitrogens with zero attached hydrogens (tertiary/aromatic N) is 4. The zero-order chi connectivity index (χ0) is 34.4. The number of piperidine rings is 2. The van der Waals surface area contributed by atoms with Crippen LogP contribution in [-0.4, -0.2) is 105 Å². The van der Waals surface area contributed by atoms with Crippen LogP contribution in [0.1, 0.15) is 79.4 Å². The number of likely N-dealkylation sites (tertiary alicyclic amines) is 2. The number of rotatable bonds is 16. The maximum absolute atomic E-state index is 12.9. The van der Waals surface area contributed by atoms with Crippen molar-refractivity contribution in [2.75, 3.05) is 76.9 Å². The van der Waals surface area contributed by atoms with E-state index in [0.717, 1.165) is 98.4 Å². The summed E-state index contributed by atoms with van der Waals surface area (Å²) in [5.74, 6) is -0.0610. The molecule has 0 saturated carbocycles. The highest BCUT2D eigenvalue weighted by atomic mass is 32.1. The minimum absolute atomic E-state index is 0.0425. The van der Waals surface area contributed by atoms with Gasteiger partial charge in [0.05, 0.1) is 4.88 Å². The molecule has 1 N–H and O–H groups in total. The Morgan fingerprint density at radius 2 is 1.44 bits per heavy atom. The summed E-state index contributed by atoms with van der Waals surface area (Å²) in [6, 6.07) is 23.5. The summed E-state index contributed by atoms with van der Waals surface area (Å²) in [6.07, 6.45) is 11.3. The fraction of sp³-hybridized carbons (Fsp3) is 0.561. The van der Waals surface area contributed by atoms with E-state index in [1.165, 1.54) is 64.0 Å². The third kappa shape index (κ3) is 11.1. The summed E-state index contributed by atoms with van der Waals surface area (Å²) in [5.41, 5.74) is 3.45. The number of piperazine rings is 1. The van der Waals surface area contributed by atoms with Gasteiger partial charge in [0.15, 0.2) is 0 Å². The maximum Gasteiger partial charge on any atom is 0.306 e. The predicted molar refractivity (Wildman–Crippen MR) is 205 cm³/mol. The highest BCUT2D eigenvalue weighted by molar-refractivity contribution is 7.17. The fourth-order valence-corrected chi connectivity index (χ4v) is 8.58. The van der Waals surface area contributed by atoms with Gasteiger partial charge in [-0.15, -0.1) is 11.3 Å². The fourth-order valence-electron chi connectivity index (χ4n) is 7.66. The highest BCUT2D eigenvalue weighted by Gasteiger charge is 2.25. The molecule has 0 unspecified atom stereocenters. The third-order valence-electron chi connectivity index (χ3n) is 10.7. The van der Waals surface area contributed by atoms with Crippen molar-refractivity contribution in [3.05, 3.63) is 77.2 Å². The molecule has 8 nitrogen and oxygen atoms in total. The molecule has 50 heavy (non-hydrogen) atoms. The normalized spacial score (nSPS) is 18.3. The summed E-state index contributed by atoms with van der Waals surface area (Å²) in [4.78, 5) is 37.2. The lowest BCUT2D eigenvalue weighted by Gasteiger charge is -2.40. The van der Waals surface area contributed by atoms with Crippen LogP contribution < -0.4 is 10.2 Å². The summed E-state index contributed by atoms with van der Waals surface area (Å²) in [6.45, 7) is 12.4. The van der Waals surface area contributed by atoms with Crippen molar-refractivity contribution < 1.29 is 14.3 Å². The number of ether oxygens (including phenoxy) is 1. The zero-order valence-electron chi connectivity index (χ0n) is 29.9. The lowest BCUT2D eigenvalue weighted by atomic mass is 10.00. The van der Waals surface area contributed by atoms with E-state index < -0.39 is 0 Å². The Bertz CT molecular complexity index is 1440. The Morgan fingerprint density at radius 3 is 2.20 bits per heavy atom. The summed E-state index contributed by atoms with van der Waals surface area (Å²) >= 11 is 1.58. The first-order chi connectivity index (χ1) is 24.6. The van der Waals surface area contributed by atoms with Crippen LogP contribution in [0.15, 0.2) is 66.7 Å². The molecule has 4 heterocycles. The van der Waals surface area contributed by atoms with Gasteiger partial charge < -0.3 is 24.8 Å². The average Bonchev–Trinajstić information content (AvgIpc) is 3.68. The standard InChI is InChI=1S/C41H57N5O3S/c47-40(49-33-34-11-4-1-5-12-34)13-6-2-7-23-44-29-31-46(32-30-44)36-16-14-35(15-17-36)38-18-19-39(50-38)41(48)42-22-10-24-43-27-20-37(21-28-43)45-25-8-3-9-26-45/h1,4-5,11-12,14-19,37H,2-3,6-10,13,20-33H2,(H,42,48). The quantitative estimate of drug-likeness (QED) is 0.129. The molecule has 1 aromatic heterocycles. The van der Waals surface area contributed by atoms with Crippen molar-refractivity contribution in [3.63, 3.8) is 0 Å². The molecule has 9 heteroatoms. The smallest absolute Gasteiger partial charge is 0.306 e. The van der Waals surface area contributed by atoms with Crippen LogP contribution in [0.3, 0.4) is 0 Å². The van der Waals surface area contributed by atoms with Crippen molar-refractivity contribution >= 4 is 28.9 Å². The van der Waals surface area contributed by atoms with E-state index in [1.54, 1.807) is 11.3 Å². The van der Waals surface area contributed by atoms with E-state index in [9.17, 15) is 9.59 Å². The van der Waals surface area contributed by atoms with E-state index in [-0.39, 0.29) is 11.9 Å². The lowest BCUT2D eigenvalue weighted by Crippen LogP contribution is -2.47. The molecule has 3 saturated heterocycles. The Morgan fingerprint density at radius 1 is 0.720 bits per heavy atom. The van der Waals surface area contributed by atoms with E-state index >= 15 is 0 Å². The van der Waals surface area contributed by atoms with Crippen molar-refractivity contribution in [2.24, 2.45) is 0 Å². The monoisotopic (exact) mass is 699 g/mol. The molecule has 0 atom stereocenters. The molecular weight excluding hydrogens is 643 g/mol. The number of carbonyl (C=O) groups excluding carboxylic acids is 2. The van der Waals surface area contributed by atoms with Gasteiger partial charge in [-0.05, 0) is 120 Å². The first kappa shape index (κ1) is 36.5. The Kier molecular flexibility index (Phi) is 14.2. The molecule has 3 aromatic rings. The first-order valence-electron chi connectivity index (χ1n) is 19.2. The van der Waals surface area contributed by atoms with Gasteiger partial charge in [0.2, 0.25) is 0 Å². The number of nitrogens with one attached hydrogen (secondary N) is 1. The molecule has 3 aliphatic heterocycles. The molecule has 0 radical (unpaired) electrons. The number of carbonyl (C=O) groups is 2. The van der Waals surface area contributed by atoms with Crippen molar-refractivity contribution in [1.82, 2.24) is 20.0 Å². The molecular formula is C41H57N5O3S. The molecule has 3 fully saturated rings. The molecule has 1 amide bonds. The van der Waals surface area contributed by atoms with Gasteiger partial charge in [-0.1, -0.05) is 55.3 Å². The Labute approximate surface area is 303 Å². The molecule has 3 aliphatic rings. The predicted octanol–water partition coefficient (Wildman–Crippen LogP) is 6.91. The van der Waals surface area contributed by atoms with Crippen molar-refractivity contribution in [2.45, 2.75) is 76.9 Å². The van der Waals surface area contributed by atoms with Crippen LogP contribution in [-0.2, 0) is 16.1 Å². The number of anilines is 1. The van der Waals surface area contributed by atoms with E-state index in [0.29, 0.717) is 13.0 Å². The molecule has 0 spiro atoms. The lowest BCUT2D eigenvalue weighted by molar-refractivity contribution is -0.145. The van der Waals surface area contributed by atoms with Gasteiger partial charge in [-0.2, -0.15) is 0 Å². The Hall–Kier alpha value is -3.24. The largest absolute Gasteiger partial charge is 0.461 e. The van der Waals surface area contributed by atoms with Crippen LogP contribution in [0.4, 0.5) is 5.69 Å². The molecule has 6 rings (SSSR count). The third-order valence-corrected chi connectivity index (χ3v) is 11.9. The second kappa shape index (κ2) is 19.4.